The molecule has 1 rings (SSSR count). The Kier molecular flexibility index (Phi) is 28.3. The predicted octanol–water partition coefficient (Wildman–Crippen LogP) is 8.93. The Morgan fingerprint density at radius 1 is 0.682 bits per heavy atom. The summed E-state index contributed by atoms with van der Waals surface area (Å²) < 4.78 is 2.27. The van der Waals surface area contributed by atoms with Crippen molar-refractivity contribution in [2.24, 2.45) is 0 Å². The van der Waals surface area contributed by atoms with Crippen LogP contribution in [-0.4, -0.2) is 41.5 Å². The molecule has 2 atom stereocenters. The Balaban J connectivity index is 1.90. The highest BCUT2D eigenvalue weighted by atomic mass is 16.3. The van der Waals surface area contributed by atoms with E-state index in [1.807, 2.05) is 6.08 Å². The maximum Gasteiger partial charge on any atom is 0.315 e. The molecular formula is C38H70N3O3+. The summed E-state index contributed by atoms with van der Waals surface area (Å²) in [5, 5.41) is 25.6. The van der Waals surface area contributed by atoms with Gasteiger partial charge in [-0.05, 0) is 25.7 Å². The molecule has 0 unspecified atom stereocenters. The highest BCUT2D eigenvalue weighted by Gasteiger charge is 2.17. The number of urea groups is 1. The van der Waals surface area contributed by atoms with Crippen molar-refractivity contribution in [1.82, 2.24) is 10.6 Å². The fraction of sp³-hybridized carbons (Fsp3) is 0.789. The van der Waals surface area contributed by atoms with Crippen LogP contribution in [0.1, 0.15) is 161 Å². The maximum absolute atomic E-state index is 12.2. The second-order valence-corrected chi connectivity index (χ2v) is 12.8. The van der Waals surface area contributed by atoms with Crippen molar-refractivity contribution in [3.8, 4) is 0 Å². The lowest BCUT2D eigenvalue weighted by atomic mass is 10.0. The van der Waals surface area contributed by atoms with Gasteiger partial charge in [-0.25, -0.2) is 9.36 Å². The number of aliphatic hydroxyl groups is 2. The topological polar surface area (TPSA) is 85.5 Å². The zero-order valence-electron chi connectivity index (χ0n) is 28.5. The van der Waals surface area contributed by atoms with E-state index >= 15 is 0 Å². The van der Waals surface area contributed by atoms with Crippen LogP contribution in [-0.2, 0) is 6.54 Å². The van der Waals surface area contributed by atoms with Crippen LogP contribution in [0, 0.1) is 0 Å². The van der Waals surface area contributed by atoms with Crippen molar-refractivity contribution in [2.75, 3.05) is 13.2 Å². The van der Waals surface area contributed by atoms with E-state index < -0.39 is 12.1 Å². The van der Waals surface area contributed by atoms with E-state index in [0.29, 0.717) is 6.54 Å². The van der Waals surface area contributed by atoms with E-state index in [9.17, 15) is 15.0 Å². The molecule has 4 N–H and O–H groups in total. The number of hydrogen-bond donors (Lipinski definition) is 4. The largest absolute Gasteiger partial charge is 0.394 e. The Morgan fingerprint density at radius 2 is 1.16 bits per heavy atom. The molecule has 0 radical (unpaired) electrons. The zero-order chi connectivity index (χ0) is 31.8. The molecule has 0 aliphatic carbocycles. The van der Waals surface area contributed by atoms with Crippen LogP contribution >= 0.6 is 0 Å². The number of unbranched alkanes of at least 4 members (excludes halogenated alkanes) is 22. The minimum atomic E-state index is -0.880. The molecule has 0 aliphatic heterocycles. The smallest absolute Gasteiger partial charge is 0.315 e. The lowest BCUT2D eigenvalue weighted by molar-refractivity contribution is -0.697. The van der Waals surface area contributed by atoms with Crippen LogP contribution in [0.4, 0.5) is 4.79 Å². The van der Waals surface area contributed by atoms with Gasteiger partial charge in [0, 0.05) is 25.1 Å². The van der Waals surface area contributed by atoms with Gasteiger partial charge in [0.2, 0.25) is 0 Å². The van der Waals surface area contributed by atoms with E-state index in [0.717, 1.165) is 32.2 Å². The number of hydrogen-bond acceptors (Lipinski definition) is 3. The third-order valence-corrected chi connectivity index (χ3v) is 8.64. The standard InChI is InChI=1S/C38H69N3O3/c1-2-3-4-5-6-7-8-13-16-19-22-26-31-39-38(44)40-36(35-42)37(43)30-25-21-18-15-12-10-9-11-14-17-20-23-27-32-41-33-28-24-29-34-41/h24-25,28-30,33-34,36-37,42-43H,2-23,26-27,31-32,35H2,1H3,(H-,39,40,44)/p+1/b30-25+/t36-,37+/m0/s1. The van der Waals surface area contributed by atoms with E-state index in [4.69, 9.17) is 0 Å². The van der Waals surface area contributed by atoms with Crippen molar-refractivity contribution in [3.63, 3.8) is 0 Å². The highest BCUT2D eigenvalue weighted by molar-refractivity contribution is 5.74. The Labute approximate surface area is 271 Å². The van der Waals surface area contributed by atoms with Crippen LogP contribution in [0.15, 0.2) is 42.7 Å². The van der Waals surface area contributed by atoms with Crippen LogP contribution in [0.2, 0.25) is 0 Å². The van der Waals surface area contributed by atoms with Crippen molar-refractivity contribution < 1.29 is 19.6 Å². The normalized spacial score (nSPS) is 12.9. The third-order valence-electron chi connectivity index (χ3n) is 8.64. The van der Waals surface area contributed by atoms with Gasteiger partial charge < -0.3 is 20.8 Å². The number of carbonyl (C=O) groups is 1. The molecule has 44 heavy (non-hydrogen) atoms. The van der Waals surface area contributed by atoms with Crippen molar-refractivity contribution in [2.45, 2.75) is 180 Å². The summed E-state index contributed by atoms with van der Waals surface area (Å²) in [6.07, 6.45) is 37.8. The zero-order valence-corrected chi connectivity index (χ0v) is 28.5. The SMILES string of the molecule is CCCCCCCCCCCCCCNC(=O)N[C@@H](CO)[C@H](O)/C=C/CCCCCCCCCCCCC[n+]1ccccc1. The number of aryl methyl sites for hydroxylation is 1. The first kappa shape index (κ1) is 40.1. The maximum atomic E-state index is 12.2. The second kappa shape index (κ2) is 31.1. The van der Waals surface area contributed by atoms with Gasteiger partial charge in [-0.2, -0.15) is 0 Å². The number of rotatable bonds is 31. The van der Waals surface area contributed by atoms with E-state index in [2.05, 4.69) is 52.7 Å². The van der Waals surface area contributed by atoms with Crippen LogP contribution in [0.5, 0.6) is 0 Å². The fourth-order valence-electron chi connectivity index (χ4n) is 5.73. The number of pyridine rings is 1. The minimum absolute atomic E-state index is 0.287. The molecule has 0 saturated carbocycles. The van der Waals surface area contributed by atoms with Crippen molar-refractivity contribution in [1.29, 1.82) is 0 Å². The molecule has 6 heteroatoms. The summed E-state index contributed by atoms with van der Waals surface area (Å²) in [6, 6.07) is 5.25. The molecule has 0 aliphatic rings. The molecule has 254 valence electrons. The number of aromatic nitrogens is 1. The molecule has 0 saturated heterocycles. The van der Waals surface area contributed by atoms with Crippen molar-refractivity contribution in [3.05, 3.63) is 42.7 Å². The van der Waals surface area contributed by atoms with Gasteiger partial charge in [0.25, 0.3) is 0 Å². The van der Waals surface area contributed by atoms with E-state index in [-0.39, 0.29) is 12.6 Å². The van der Waals surface area contributed by atoms with Crippen LogP contribution < -0.4 is 15.2 Å². The summed E-state index contributed by atoms with van der Waals surface area (Å²) in [5.74, 6) is 0. The summed E-state index contributed by atoms with van der Waals surface area (Å²) in [7, 11) is 0. The third kappa shape index (κ3) is 25.4. The summed E-state index contributed by atoms with van der Waals surface area (Å²) in [6.45, 7) is 3.73. The molecule has 1 heterocycles. The van der Waals surface area contributed by atoms with Crippen LogP contribution in [0.25, 0.3) is 0 Å². The molecule has 6 nitrogen and oxygen atoms in total. The number of nitrogens with one attached hydrogen (secondary N) is 2. The Bertz CT molecular complexity index is 774. The molecule has 1 aromatic rings. The van der Waals surface area contributed by atoms with Gasteiger partial charge in [0.15, 0.2) is 12.4 Å². The van der Waals surface area contributed by atoms with Gasteiger partial charge in [-0.3, -0.25) is 0 Å². The number of carbonyl (C=O) groups excluding carboxylic acids is 1. The number of allylic oxidation sites excluding steroid dienone is 1. The molecule has 0 aromatic carbocycles. The molecule has 2 amide bonds. The number of amides is 2. The predicted molar refractivity (Wildman–Crippen MR) is 186 cm³/mol. The van der Waals surface area contributed by atoms with Gasteiger partial charge >= 0.3 is 6.03 Å². The van der Waals surface area contributed by atoms with Crippen molar-refractivity contribution >= 4 is 6.03 Å². The van der Waals surface area contributed by atoms with Crippen LogP contribution in [0.3, 0.4) is 0 Å². The van der Waals surface area contributed by atoms with E-state index in [1.54, 1.807) is 6.08 Å². The average molecular weight is 617 g/mol. The first-order valence-corrected chi connectivity index (χ1v) is 18.6. The molecule has 0 bridgehead atoms. The monoisotopic (exact) mass is 617 g/mol. The van der Waals surface area contributed by atoms with Gasteiger partial charge in [0.05, 0.1) is 18.8 Å². The first-order valence-electron chi connectivity index (χ1n) is 18.6. The Morgan fingerprint density at radius 3 is 1.68 bits per heavy atom. The number of nitrogens with zero attached hydrogens (tertiary/aromatic N) is 1. The second-order valence-electron chi connectivity index (χ2n) is 12.8. The molecule has 0 spiro atoms. The van der Waals surface area contributed by atoms with Gasteiger partial charge in [-0.1, -0.05) is 147 Å². The molecule has 1 aromatic heterocycles. The summed E-state index contributed by atoms with van der Waals surface area (Å²) in [4.78, 5) is 12.2. The number of aliphatic hydroxyl groups excluding tert-OH is 2. The quantitative estimate of drug-likeness (QED) is 0.0382. The lowest BCUT2D eigenvalue weighted by Gasteiger charge is -2.20. The molecular weight excluding hydrogens is 546 g/mol. The van der Waals surface area contributed by atoms with E-state index in [1.165, 1.54) is 128 Å². The molecule has 0 fully saturated rings. The fourth-order valence-corrected chi connectivity index (χ4v) is 5.73. The summed E-state index contributed by atoms with van der Waals surface area (Å²) in [5.41, 5.74) is 0. The lowest BCUT2D eigenvalue weighted by Crippen LogP contribution is -2.49. The summed E-state index contributed by atoms with van der Waals surface area (Å²) >= 11 is 0. The van der Waals surface area contributed by atoms with Gasteiger partial charge in [0.1, 0.15) is 6.54 Å². The minimum Gasteiger partial charge on any atom is -0.394 e. The first-order chi connectivity index (χ1) is 21.7. The highest BCUT2D eigenvalue weighted by Crippen LogP contribution is 2.13. The average Bonchev–Trinajstić information content (AvgIpc) is 3.04. The Hall–Kier alpha value is -1.92. The van der Waals surface area contributed by atoms with Gasteiger partial charge in [-0.15, -0.1) is 0 Å².